The number of fused-ring (bicyclic) bond motifs is 1. The number of hydrogen-bond donors (Lipinski definition) is 1. The normalized spacial score (nSPS) is 11.7. The number of nitrogens with one attached hydrogen (secondary N) is 1. The maximum Gasteiger partial charge on any atom is 0.157 e. The zero-order valence-electron chi connectivity index (χ0n) is 13.6. The highest BCUT2D eigenvalue weighted by Crippen LogP contribution is 2.23. The molecule has 0 saturated heterocycles. The van der Waals surface area contributed by atoms with E-state index >= 15 is 0 Å². The van der Waals surface area contributed by atoms with Gasteiger partial charge in [0.1, 0.15) is 5.52 Å². The van der Waals surface area contributed by atoms with Gasteiger partial charge in [0.25, 0.3) is 0 Å². The molecule has 0 amide bonds. The lowest BCUT2D eigenvalue weighted by molar-refractivity contribution is 1.26. The minimum atomic E-state index is 0.794. The lowest BCUT2D eigenvalue weighted by atomic mass is 10.1. The van der Waals surface area contributed by atoms with E-state index in [-0.39, 0.29) is 0 Å². The average molecular weight is 323 g/mol. The molecule has 2 aromatic heterocycles. The summed E-state index contributed by atoms with van der Waals surface area (Å²) in [6, 6.07) is 20.5. The van der Waals surface area contributed by atoms with Gasteiger partial charge in [-0.15, -0.1) is 0 Å². The fourth-order valence-corrected chi connectivity index (χ4v) is 2.74. The molecule has 2 heterocycles. The van der Waals surface area contributed by atoms with Crippen molar-refractivity contribution in [3.8, 4) is 0 Å². The number of hydrogen-bond acceptors (Lipinski definition) is 2. The number of H-pyrrole nitrogens is 1. The van der Waals surface area contributed by atoms with Crippen molar-refractivity contribution in [3.05, 3.63) is 95.4 Å². The van der Waals surface area contributed by atoms with E-state index in [1.54, 1.807) is 12.4 Å². The van der Waals surface area contributed by atoms with E-state index in [4.69, 9.17) is 0 Å². The lowest BCUT2D eigenvalue weighted by Gasteiger charge is -1.96. The van der Waals surface area contributed by atoms with Crippen LogP contribution < -0.4 is 0 Å². The molecule has 0 unspecified atom stereocenters. The maximum absolute atomic E-state index is 4.49. The Hall–Kier alpha value is -3.46. The first kappa shape index (κ1) is 15.1. The van der Waals surface area contributed by atoms with Gasteiger partial charge in [-0.25, -0.2) is 4.98 Å². The predicted molar refractivity (Wildman–Crippen MR) is 105 cm³/mol. The van der Waals surface area contributed by atoms with Crippen molar-refractivity contribution in [2.75, 3.05) is 0 Å². The van der Waals surface area contributed by atoms with E-state index in [1.165, 1.54) is 0 Å². The highest BCUT2D eigenvalue weighted by atomic mass is 14.9. The summed E-state index contributed by atoms with van der Waals surface area (Å²) >= 11 is 0. The molecule has 4 rings (SSSR count). The first-order valence-electron chi connectivity index (χ1n) is 8.19. The predicted octanol–water partition coefficient (Wildman–Crippen LogP) is 5.30. The van der Waals surface area contributed by atoms with E-state index in [1.807, 2.05) is 36.4 Å². The molecule has 4 aromatic rings. The molecule has 0 aliphatic carbocycles. The summed E-state index contributed by atoms with van der Waals surface area (Å²) in [4.78, 5) is 12.2. The van der Waals surface area contributed by atoms with E-state index in [0.717, 1.165) is 33.5 Å². The van der Waals surface area contributed by atoms with Gasteiger partial charge in [0.2, 0.25) is 0 Å². The summed E-state index contributed by atoms with van der Waals surface area (Å²) in [5, 5.41) is 0. The molecule has 0 saturated carbocycles. The maximum atomic E-state index is 4.49. The first-order valence-corrected chi connectivity index (χ1v) is 8.19. The molecule has 3 heteroatoms. The number of rotatable bonds is 4. The number of aromatic amines is 1. The molecule has 0 fully saturated rings. The van der Waals surface area contributed by atoms with Crippen molar-refractivity contribution in [2.24, 2.45) is 0 Å². The molecule has 2 aromatic carbocycles. The van der Waals surface area contributed by atoms with Gasteiger partial charge in [-0.05, 0) is 23.3 Å². The van der Waals surface area contributed by atoms with Gasteiger partial charge >= 0.3 is 0 Å². The third-order valence-electron chi connectivity index (χ3n) is 3.98. The molecule has 0 bridgehead atoms. The highest BCUT2D eigenvalue weighted by molar-refractivity contribution is 5.92. The third kappa shape index (κ3) is 3.40. The van der Waals surface area contributed by atoms with Gasteiger partial charge in [0, 0.05) is 23.7 Å². The van der Waals surface area contributed by atoms with E-state index < -0.39 is 0 Å². The van der Waals surface area contributed by atoms with Crippen LogP contribution in [-0.2, 0) is 0 Å². The van der Waals surface area contributed by atoms with Crippen LogP contribution in [0, 0.1) is 0 Å². The Morgan fingerprint density at radius 3 is 1.92 bits per heavy atom. The Kier molecular flexibility index (Phi) is 4.21. The van der Waals surface area contributed by atoms with Gasteiger partial charge in [-0.1, -0.05) is 72.8 Å². The van der Waals surface area contributed by atoms with Crippen LogP contribution >= 0.6 is 0 Å². The summed E-state index contributed by atoms with van der Waals surface area (Å²) in [5.41, 5.74) is 6.01. The number of benzene rings is 2. The quantitative estimate of drug-likeness (QED) is 0.554. The summed E-state index contributed by atoms with van der Waals surface area (Å²) in [7, 11) is 0. The lowest BCUT2D eigenvalue weighted by Crippen LogP contribution is -1.79. The van der Waals surface area contributed by atoms with Crippen molar-refractivity contribution < 1.29 is 0 Å². The summed E-state index contributed by atoms with van der Waals surface area (Å²) in [5.74, 6) is 0. The second-order valence-corrected chi connectivity index (χ2v) is 5.69. The van der Waals surface area contributed by atoms with Crippen LogP contribution in [0.2, 0.25) is 0 Å². The molecule has 0 radical (unpaired) electrons. The zero-order chi connectivity index (χ0) is 16.9. The number of aromatic nitrogens is 3. The zero-order valence-corrected chi connectivity index (χ0v) is 13.6. The molecule has 3 nitrogen and oxygen atoms in total. The SMILES string of the molecule is C(=C\c1[nH]c2nccnc2c1/C=C/c1ccccc1)/c1ccccc1. The van der Waals surface area contributed by atoms with Crippen LogP contribution in [0.1, 0.15) is 22.4 Å². The Labute approximate surface area is 146 Å². The Morgan fingerprint density at radius 1 is 0.640 bits per heavy atom. The Morgan fingerprint density at radius 2 is 1.24 bits per heavy atom. The highest BCUT2D eigenvalue weighted by Gasteiger charge is 2.08. The van der Waals surface area contributed by atoms with Crippen LogP contribution in [0.15, 0.2) is 73.1 Å². The van der Waals surface area contributed by atoms with Gasteiger partial charge in [-0.3, -0.25) is 4.98 Å². The first-order chi connectivity index (χ1) is 12.4. The Balaban J connectivity index is 1.76. The second kappa shape index (κ2) is 6.97. The van der Waals surface area contributed by atoms with Gasteiger partial charge in [0.05, 0.1) is 0 Å². The van der Waals surface area contributed by atoms with Crippen molar-refractivity contribution in [2.45, 2.75) is 0 Å². The second-order valence-electron chi connectivity index (χ2n) is 5.69. The van der Waals surface area contributed by atoms with Crippen LogP contribution in [0.5, 0.6) is 0 Å². The largest absolute Gasteiger partial charge is 0.338 e. The molecule has 0 aliphatic heterocycles. The van der Waals surface area contributed by atoms with Crippen molar-refractivity contribution in [1.29, 1.82) is 0 Å². The van der Waals surface area contributed by atoms with Crippen LogP contribution in [-0.4, -0.2) is 15.0 Å². The van der Waals surface area contributed by atoms with Crippen LogP contribution in [0.4, 0.5) is 0 Å². The van der Waals surface area contributed by atoms with Crippen LogP contribution in [0.3, 0.4) is 0 Å². The van der Waals surface area contributed by atoms with E-state index in [2.05, 4.69) is 63.5 Å². The Bertz CT molecular complexity index is 1030. The minimum absolute atomic E-state index is 0.794. The molecule has 0 aliphatic rings. The fourth-order valence-electron chi connectivity index (χ4n) is 2.74. The third-order valence-corrected chi connectivity index (χ3v) is 3.98. The topological polar surface area (TPSA) is 41.6 Å². The standard InChI is InChI=1S/C22H17N3/c1-3-7-17(8-4-1)11-13-19-20(14-12-18-9-5-2-6-10-18)25-22-21(19)23-15-16-24-22/h1-16H,(H,24,25)/b13-11+,14-12+. The summed E-state index contributed by atoms with van der Waals surface area (Å²) in [6.07, 6.45) is 11.8. The summed E-state index contributed by atoms with van der Waals surface area (Å²) in [6.45, 7) is 0. The number of nitrogens with zero attached hydrogens (tertiary/aromatic N) is 2. The van der Waals surface area contributed by atoms with Crippen molar-refractivity contribution in [1.82, 2.24) is 15.0 Å². The van der Waals surface area contributed by atoms with Crippen LogP contribution in [0.25, 0.3) is 35.5 Å². The average Bonchev–Trinajstić information content (AvgIpc) is 3.04. The molecule has 0 atom stereocenters. The smallest absolute Gasteiger partial charge is 0.157 e. The molecule has 25 heavy (non-hydrogen) atoms. The monoisotopic (exact) mass is 323 g/mol. The van der Waals surface area contributed by atoms with E-state index in [0.29, 0.717) is 0 Å². The molecule has 120 valence electrons. The van der Waals surface area contributed by atoms with Crippen molar-refractivity contribution >= 4 is 35.5 Å². The van der Waals surface area contributed by atoms with E-state index in [9.17, 15) is 0 Å². The minimum Gasteiger partial charge on any atom is -0.338 e. The molecule has 1 N–H and O–H groups in total. The summed E-state index contributed by atoms with van der Waals surface area (Å²) < 4.78 is 0. The molecular formula is C22H17N3. The molecular weight excluding hydrogens is 306 g/mol. The van der Waals surface area contributed by atoms with Gasteiger partial charge in [0.15, 0.2) is 5.65 Å². The van der Waals surface area contributed by atoms with Gasteiger partial charge < -0.3 is 4.98 Å². The van der Waals surface area contributed by atoms with Gasteiger partial charge in [-0.2, -0.15) is 0 Å². The van der Waals surface area contributed by atoms with Crippen molar-refractivity contribution in [3.63, 3.8) is 0 Å². The fraction of sp³-hybridized carbons (Fsp3) is 0. The molecule has 0 spiro atoms.